The quantitative estimate of drug-likeness (QED) is 0.820. The summed E-state index contributed by atoms with van der Waals surface area (Å²) in [6, 6.07) is 4.43. The number of carbonyl (C=O) groups excluding carboxylic acids is 1. The molecule has 8 heteroatoms. The monoisotopic (exact) mass is 365 g/mol. The molecule has 0 fully saturated rings. The third kappa shape index (κ3) is 2.53. The Bertz CT molecular complexity index is 683. The molecule has 21 heavy (non-hydrogen) atoms. The van der Waals surface area contributed by atoms with Crippen molar-refractivity contribution in [1.29, 1.82) is 0 Å². The zero-order valence-corrected chi connectivity index (χ0v) is 12.4. The number of nitrogens with one attached hydrogen (secondary N) is 1. The normalized spacial score (nSPS) is 15.0. The SMILES string of the molecule is CCOC(=O)[C@](O)(c1c[nH]c2cc(Br)ccc12)C(F)(F)F. The zero-order valence-electron chi connectivity index (χ0n) is 10.8. The summed E-state index contributed by atoms with van der Waals surface area (Å²) in [4.78, 5) is 14.3. The number of ether oxygens (including phenoxy) is 1. The summed E-state index contributed by atoms with van der Waals surface area (Å²) in [6.07, 6.45) is -4.25. The number of aromatic nitrogens is 1. The maximum absolute atomic E-state index is 13.3. The molecular weight excluding hydrogens is 355 g/mol. The van der Waals surface area contributed by atoms with Gasteiger partial charge in [-0.25, -0.2) is 4.79 Å². The Balaban J connectivity index is 2.68. The van der Waals surface area contributed by atoms with Gasteiger partial charge in [0.25, 0.3) is 5.60 Å². The second-order valence-corrected chi connectivity index (χ2v) is 5.24. The van der Waals surface area contributed by atoms with Crippen molar-refractivity contribution in [2.75, 3.05) is 6.61 Å². The van der Waals surface area contributed by atoms with Gasteiger partial charge in [-0.3, -0.25) is 0 Å². The van der Waals surface area contributed by atoms with Crippen LogP contribution in [0.2, 0.25) is 0 Å². The van der Waals surface area contributed by atoms with Crippen LogP contribution in [0.25, 0.3) is 10.9 Å². The number of carbonyl (C=O) groups is 1. The largest absolute Gasteiger partial charge is 0.463 e. The third-order valence-corrected chi connectivity index (χ3v) is 3.51. The van der Waals surface area contributed by atoms with Crippen LogP contribution in [0.3, 0.4) is 0 Å². The van der Waals surface area contributed by atoms with E-state index in [-0.39, 0.29) is 12.0 Å². The minimum absolute atomic E-state index is 0.0890. The van der Waals surface area contributed by atoms with Crippen LogP contribution >= 0.6 is 15.9 Å². The van der Waals surface area contributed by atoms with E-state index in [1.54, 1.807) is 6.07 Å². The van der Waals surface area contributed by atoms with Gasteiger partial charge in [0.05, 0.1) is 6.61 Å². The Morgan fingerprint density at radius 3 is 2.67 bits per heavy atom. The molecular formula is C13H11BrF3NO3. The Kier molecular flexibility index (Phi) is 4.03. The van der Waals surface area contributed by atoms with Crippen molar-refractivity contribution in [1.82, 2.24) is 4.98 Å². The van der Waals surface area contributed by atoms with Crippen LogP contribution in [0.1, 0.15) is 12.5 Å². The molecule has 1 atom stereocenters. The molecule has 0 amide bonds. The number of halogens is 4. The van der Waals surface area contributed by atoms with E-state index >= 15 is 0 Å². The molecule has 2 aromatic rings. The number of aromatic amines is 1. The van der Waals surface area contributed by atoms with Crippen molar-refractivity contribution in [3.8, 4) is 0 Å². The number of aliphatic hydroxyl groups is 1. The van der Waals surface area contributed by atoms with Gasteiger partial charge in [0, 0.05) is 27.1 Å². The summed E-state index contributed by atoms with van der Waals surface area (Å²) in [5.74, 6) is -1.75. The molecule has 0 saturated carbocycles. The summed E-state index contributed by atoms with van der Waals surface area (Å²) in [5, 5.41) is 10.1. The first-order valence-corrected chi connectivity index (χ1v) is 6.74. The van der Waals surface area contributed by atoms with Crippen LogP contribution < -0.4 is 0 Å². The lowest BCUT2D eigenvalue weighted by Crippen LogP contribution is -2.50. The van der Waals surface area contributed by atoms with E-state index in [4.69, 9.17) is 0 Å². The Morgan fingerprint density at radius 1 is 1.43 bits per heavy atom. The summed E-state index contributed by atoms with van der Waals surface area (Å²) in [6.45, 7) is 1.09. The van der Waals surface area contributed by atoms with Crippen molar-refractivity contribution in [2.45, 2.75) is 18.7 Å². The fourth-order valence-corrected chi connectivity index (χ4v) is 2.37. The molecule has 1 aromatic heterocycles. The van der Waals surface area contributed by atoms with E-state index in [1.807, 2.05) is 0 Å². The summed E-state index contributed by atoms with van der Waals surface area (Å²) in [7, 11) is 0. The van der Waals surface area contributed by atoms with Crippen LogP contribution in [0.4, 0.5) is 13.2 Å². The predicted octanol–water partition coefficient (Wildman–Crippen LogP) is 3.24. The second-order valence-electron chi connectivity index (χ2n) is 4.32. The van der Waals surface area contributed by atoms with Gasteiger partial charge in [-0.05, 0) is 19.1 Å². The molecule has 0 aliphatic carbocycles. The maximum Gasteiger partial charge on any atom is 0.432 e. The first-order valence-electron chi connectivity index (χ1n) is 5.95. The van der Waals surface area contributed by atoms with Gasteiger partial charge >= 0.3 is 12.1 Å². The lowest BCUT2D eigenvalue weighted by molar-refractivity contribution is -0.267. The molecule has 4 nitrogen and oxygen atoms in total. The van der Waals surface area contributed by atoms with E-state index in [0.717, 1.165) is 6.20 Å². The van der Waals surface area contributed by atoms with Crippen LogP contribution in [0, 0.1) is 0 Å². The van der Waals surface area contributed by atoms with E-state index < -0.39 is 23.3 Å². The Morgan fingerprint density at radius 2 is 2.10 bits per heavy atom. The van der Waals surface area contributed by atoms with Gasteiger partial charge in [-0.2, -0.15) is 13.2 Å². The molecule has 114 valence electrons. The maximum atomic E-state index is 13.3. The summed E-state index contributed by atoms with van der Waals surface area (Å²) < 4.78 is 44.9. The van der Waals surface area contributed by atoms with Crippen LogP contribution in [0.15, 0.2) is 28.9 Å². The van der Waals surface area contributed by atoms with Crippen molar-refractivity contribution in [3.63, 3.8) is 0 Å². The molecule has 2 N–H and O–H groups in total. The molecule has 1 heterocycles. The first-order chi connectivity index (χ1) is 9.71. The number of alkyl halides is 3. The average molecular weight is 366 g/mol. The number of rotatable bonds is 3. The zero-order chi connectivity index (χ0) is 15.8. The van der Waals surface area contributed by atoms with Gasteiger partial charge in [0.2, 0.25) is 0 Å². The molecule has 0 aliphatic heterocycles. The molecule has 2 rings (SSSR count). The highest BCUT2D eigenvalue weighted by atomic mass is 79.9. The Labute approximate surface area is 126 Å². The number of benzene rings is 1. The smallest absolute Gasteiger partial charge is 0.432 e. The highest BCUT2D eigenvalue weighted by molar-refractivity contribution is 9.10. The van der Waals surface area contributed by atoms with E-state index in [1.165, 1.54) is 19.1 Å². The molecule has 0 radical (unpaired) electrons. The summed E-state index contributed by atoms with van der Waals surface area (Å²) in [5.41, 5.74) is -3.95. The molecule has 0 aliphatic rings. The van der Waals surface area contributed by atoms with Gasteiger partial charge in [-0.1, -0.05) is 22.0 Å². The molecule has 0 bridgehead atoms. The van der Waals surface area contributed by atoms with Gasteiger partial charge in [-0.15, -0.1) is 0 Å². The van der Waals surface area contributed by atoms with Gasteiger partial charge < -0.3 is 14.8 Å². The van der Waals surface area contributed by atoms with Crippen molar-refractivity contribution in [3.05, 3.63) is 34.4 Å². The number of hydrogen-bond donors (Lipinski definition) is 2. The summed E-state index contributed by atoms with van der Waals surface area (Å²) >= 11 is 3.19. The minimum atomic E-state index is -5.21. The fraction of sp³-hybridized carbons (Fsp3) is 0.308. The van der Waals surface area contributed by atoms with Crippen molar-refractivity contribution >= 4 is 32.8 Å². The predicted molar refractivity (Wildman–Crippen MR) is 72.6 cm³/mol. The number of fused-ring (bicyclic) bond motifs is 1. The second kappa shape index (κ2) is 5.34. The first kappa shape index (κ1) is 15.8. The Hall–Kier alpha value is -1.54. The molecule has 0 unspecified atom stereocenters. The van der Waals surface area contributed by atoms with E-state index in [2.05, 4.69) is 25.7 Å². The highest BCUT2D eigenvalue weighted by Gasteiger charge is 2.63. The minimum Gasteiger partial charge on any atom is -0.463 e. The van der Waals surface area contributed by atoms with Crippen LogP contribution in [0.5, 0.6) is 0 Å². The number of esters is 1. The lowest BCUT2D eigenvalue weighted by atomic mass is 9.92. The van der Waals surface area contributed by atoms with E-state index in [0.29, 0.717) is 9.99 Å². The van der Waals surface area contributed by atoms with Crippen LogP contribution in [-0.4, -0.2) is 28.8 Å². The highest BCUT2D eigenvalue weighted by Crippen LogP contribution is 2.43. The molecule has 0 saturated heterocycles. The van der Waals surface area contributed by atoms with E-state index in [9.17, 15) is 23.1 Å². The lowest BCUT2D eigenvalue weighted by Gasteiger charge is -2.27. The molecule has 1 aromatic carbocycles. The van der Waals surface area contributed by atoms with Gasteiger partial charge in [0.1, 0.15) is 0 Å². The van der Waals surface area contributed by atoms with Crippen LogP contribution in [-0.2, 0) is 15.1 Å². The third-order valence-electron chi connectivity index (χ3n) is 3.01. The molecule has 0 spiro atoms. The number of H-pyrrole nitrogens is 1. The standard InChI is InChI=1S/C13H11BrF3NO3/c1-2-21-11(19)12(20,13(15,16)17)9-6-18-10-5-7(14)3-4-8(9)10/h3-6,18,20H,2H2,1H3/t12-/m1/s1. The average Bonchev–Trinajstić information content (AvgIpc) is 2.79. The number of hydrogen-bond acceptors (Lipinski definition) is 3. The fourth-order valence-electron chi connectivity index (χ4n) is 2.01. The van der Waals surface area contributed by atoms with Crippen molar-refractivity contribution < 1.29 is 27.8 Å². The topological polar surface area (TPSA) is 62.3 Å². The van der Waals surface area contributed by atoms with Gasteiger partial charge in [0.15, 0.2) is 0 Å². The van der Waals surface area contributed by atoms with Crippen molar-refractivity contribution in [2.24, 2.45) is 0 Å².